The number of carbonyl (C=O) groups is 4. The van der Waals surface area contributed by atoms with Crippen LogP contribution in [0, 0.1) is 5.92 Å². The third-order valence-electron chi connectivity index (χ3n) is 11.8. The molecule has 3 aromatic rings. The molecule has 0 unspecified atom stereocenters. The Balaban J connectivity index is 1.27. The highest BCUT2D eigenvalue weighted by Crippen LogP contribution is 2.61. The Labute approximate surface area is 311 Å². The molecule has 3 amide bonds. The van der Waals surface area contributed by atoms with Crippen molar-refractivity contribution in [3.8, 4) is 0 Å². The molecular formula is C41H48FN3O7Si. The van der Waals surface area contributed by atoms with E-state index >= 15 is 4.11 Å². The molecule has 4 heterocycles. The Morgan fingerprint density at radius 3 is 2.42 bits per heavy atom. The highest BCUT2D eigenvalue weighted by molar-refractivity contribution is 6.72. The van der Waals surface area contributed by atoms with Gasteiger partial charge in [0, 0.05) is 48.6 Å². The van der Waals surface area contributed by atoms with Gasteiger partial charge in [-0.15, -0.1) is 0 Å². The fraction of sp³-hybridized carbons (Fsp3) is 0.463. The molecule has 1 saturated heterocycles. The average molecular weight is 742 g/mol. The molecular weight excluding hydrogens is 694 g/mol. The number of rotatable bonds is 10. The predicted molar refractivity (Wildman–Crippen MR) is 201 cm³/mol. The van der Waals surface area contributed by atoms with Crippen molar-refractivity contribution in [2.45, 2.75) is 94.8 Å². The van der Waals surface area contributed by atoms with Gasteiger partial charge < -0.3 is 28.5 Å². The van der Waals surface area contributed by atoms with E-state index in [1.165, 1.54) is 7.11 Å². The lowest BCUT2D eigenvalue weighted by Crippen LogP contribution is -2.48. The van der Waals surface area contributed by atoms with Crippen LogP contribution in [0.5, 0.6) is 0 Å². The first-order valence-corrected chi connectivity index (χ1v) is 21.6. The fourth-order valence-corrected chi connectivity index (χ4v) is 11.8. The predicted octanol–water partition coefficient (Wildman–Crippen LogP) is 6.10. The van der Waals surface area contributed by atoms with Crippen LogP contribution in [0.1, 0.15) is 61.3 Å². The van der Waals surface area contributed by atoms with Crippen LogP contribution in [0.25, 0.3) is 0 Å². The Morgan fingerprint density at radius 2 is 1.70 bits per heavy atom. The molecule has 3 aromatic carbocycles. The van der Waals surface area contributed by atoms with Crippen LogP contribution in [0.4, 0.5) is 21.2 Å². The Kier molecular flexibility index (Phi) is 10.1. The van der Waals surface area contributed by atoms with Gasteiger partial charge in [0.2, 0.25) is 20.2 Å². The number of hydrogen-bond acceptors (Lipinski definition) is 7. The first-order chi connectivity index (χ1) is 25.4. The monoisotopic (exact) mass is 741 g/mol. The molecule has 4 aliphatic heterocycles. The van der Waals surface area contributed by atoms with E-state index < -0.39 is 37.6 Å². The molecule has 0 aromatic heterocycles. The highest BCUT2D eigenvalue weighted by Gasteiger charge is 2.67. The van der Waals surface area contributed by atoms with E-state index in [4.69, 9.17) is 9.47 Å². The summed E-state index contributed by atoms with van der Waals surface area (Å²) in [6.45, 7) is 5.47. The van der Waals surface area contributed by atoms with Crippen molar-refractivity contribution < 1.29 is 37.9 Å². The molecule has 280 valence electrons. The molecule has 4 aliphatic rings. The maximum Gasteiger partial charge on any atom is 0.305 e. The summed E-state index contributed by atoms with van der Waals surface area (Å²) in [5, 5.41) is 10.3. The van der Waals surface area contributed by atoms with Gasteiger partial charge >= 0.3 is 5.97 Å². The van der Waals surface area contributed by atoms with Crippen LogP contribution >= 0.6 is 0 Å². The van der Waals surface area contributed by atoms with Crippen LogP contribution in [0.3, 0.4) is 0 Å². The van der Waals surface area contributed by atoms with Crippen molar-refractivity contribution in [1.29, 1.82) is 0 Å². The minimum absolute atomic E-state index is 0.0673. The minimum Gasteiger partial charge on any atom is -0.469 e. The van der Waals surface area contributed by atoms with Crippen molar-refractivity contribution >= 4 is 49.2 Å². The standard InChI is InChI=1S/C41H48FN3O7Si/c1-26-39(53(3,4)42)35(23-37(48)44-24-29-13-6-5-12-28(29)21-31(44)25-46)52-41(26)32-22-30(45-33-14-8-7-11-27(33)16-19-36(45)47)17-18-34(32)43(40(41)50)20-10-9-15-38(49)51-2/h5-8,11-14,17-18,22,26,31,35,39,46H,9-10,15-16,19-21,23-25H2,1-4H3/t26-,31-,35+,39-,41+/m0/s1. The van der Waals surface area contributed by atoms with E-state index in [1.807, 2.05) is 73.7 Å². The van der Waals surface area contributed by atoms with Crippen molar-refractivity contribution in [2.24, 2.45) is 5.92 Å². The lowest BCUT2D eigenvalue weighted by molar-refractivity contribution is -0.151. The molecule has 0 saturated carbocycles. The number of fused-ring (bicyclic) bond motifs is 4. The number of aryl methyl sites for hydroxylation is 1. The molecule has 0 aliphatic carbocycles. The third kappa shape index (κ3) is 6.48. The number of aliphatic hydroxyl groups excluding tert-OH is 1. The number of esters is 1. The van der Waals surface area contributed by atoms with Gasteiger partial charge in [0.1, 0.15) is 0 Å². The summed E-state index contributed by atoms with van der Waals surface area (Å²) in [4.78, 5) is 59.6. The number of methoxy groups -OCH3 is 1. The van der Waals surface area contributed by atoms with Gasteiger partial charge in [-0.25, -0.2) is 0 Å². The van der Waals surface area contributed by atoms with Gasteiger partial charge in [0.15, 0.2) is 5.60 Å². The van der Waals surface area contributed by atoms with E-state index in [0.717, 1.165) is 22.4 Å². The second-order valence-corrected chi connectivity index (χ2v) is 19.2. The molecule has 1 spiro atoms. The van der Waals surface area contributed by atoms with Crippen LogP contribution in [-0.2, 0) is 53.6 Å². The normalized spacial score (nSPS) is 25.1. The van der Waals surface area contributed by atoms with Gasteiger partial charge in [0.05, 0.1) is 43.7 Å². The number of aliphatic hydroxyl groups is 1. The second-order valence-electron chi connectivity index (χ2n) is 15.4. The molecule has 0 bridgehead atoms. The average Bonchev–Trinajstić information content (AvgIpc) is 3.57. The van der Waals surface area contributed by atoms with Crippen molar-refractivity contribution in [1.82, 2.24) is 4.90 Å². The van der Waals surface area contributed by atoms with E-state index in [-0.39, 0.29) is 43.1 Å². The molecule has 12 heteroatoms. The van der Waals surface area contributed by atoms with E-state index in [2.05, 4.69) is 0 Å². The van der Waals surface area contributed by atoms with Crippen molar-refractivity contribution in [3.05, 3.63) is 89.0 Å². The number of benzene rings is 3. The Bertz CT molecular complexity index is 1930. The van der Waals surface area contributed by atoms with Gasteiger partial charge in [-0.05, 0) is 79.7 Å². The van der Waals surface area contributed by atoms with Gasteiger partial charge in [0.25, 0.3) is 5.91 Å². The smallest absolute Gasteiger partial charge is 0.305 e. The number of para-hydroxylation sites is 1. The Morgan fingerprint density at radius 1 is 0.981 bits per heavy atom. The zero-order valence-corrected chi connectivity index (χ0v) is 31.8. The maximum absolute atomic E-state index is 16.7. The molecule has 53 heavy (non-hydrogen) atoms. The van der Waals surface area contributed by atoms with Crippen LogP contribution < -0.4 is 9.80 Å². The summed E-state index contributed by atoms with van der Waals surface area (Å²) in [6, 6.07) is 20.7. The van der Waals surface area contributed by atoms with Gasteiger partial charge in [-0.1, -0.05) is 49.4 Å². The van der Waals surface area contributed by atoms with E-state index in [1.54, 1.807) is 27.8 Å². The van der Waals surface area contributed by atoms with E-state index in [0.29, 0.717) is 62.1 Å². The number of ether oxygens (including phenoxy) is 2. The molecule has 0 radical (unpaired) electrons. The van der Waals surface area contributed by atoms with Crippen molar-refractivity contribution in [3.63, 3.8) is 0 Å². The summed E-state index contributed by atoms with van der Waals surface area (Å²) in [5.41, 5.74) is 3.33. The van der Waals surface area contributed by atoms with E-state index in [9.17, 15) is 24.3 Å². The number of amides is 3. The zero-order chi connectivity index (χ0) is 37.7. The van der Waals surface area contributed by atoms with Crippen molar-refractivity contribution in [2.75, 3.05) is 30.1 Å². The number of hydrogen-bond donors (Lipinski definition) is 1. The first-order valence-electron chi connectivity index (χ1n) is 18.7. The lowest BCUT2D eigenvalue weighted by Gasteiger charge is -2.37. The maximum atomic E-state index is 16.7. The SMILES string of the molecule is COC(=O)CCCCN1C(=O)[C@]2(O[C@H](CC(=O)N3Cc4ccccc4C[C@H]3CO)[C@@H]([Si](C)(C)F)[C@@H]2C)c2cc(N3C(=O)CCc4ccccc43)ccc21. The second kappa shape index (κ2) is 14.4. The molecule has 5 atom stereocenters. The molecule has 10 nitrogen and oxygen atoms in total. The highest BCUT2D eigenvalue weighted by atomic mass is 28.4. The fourth-order valence-electron chi connectivity index (χ4n) is 9.28. The summed E-state index contributed by atoms with van der Waals surface area (Å²) in [5.74, 6) is -1.63. The largest absolute Gasteiger partial charge is 0.469 e. The number of anilines is 3. The molecule has 1 fully saturated rings. The van der Waals surface area contributed by atoms with Crippen LogP contribution in [0.15, 0.2) is 66.7 Å². The number of carbonyl (C=O) groups excluding carboxylic acids is 4. The summed E-state index contributed by atoms with van der Waals surface area (Å²) in [7, 11) is -2.26. The number of halogens is 1. The third-order valence-corrected chi connectivity index (χ3v) is 14.3. The number of nitrogens with zero attached hydrogens (tertiary/aromatic N) is 3. The molecule has 7 rings (SSSR count). The summed E-state index contributed by atoms with van der Waals surface area (Å²) >= 11 is 0. The van der Waals surface area contributed by atoms with Crippen LogP contribution in [0.2, 0.25) is 18.6 Å². The van der Waals surface area contributed by atoms with Gasteiger partial charge in [-0.2, -0.15) is 0 Å². The minimum atomic E-state index is -3.60. The molecule has 1 N–H and O–H groups in total. The lowest BCUT2D eigenvalue weighted by atomic mass is 9.82. The van der Waals surface area contributed by atoms with Gasteiger partial charge in [-0.3, -0.25) is 24.1 Å². The van der Waals surface area contributed by atoms with Crippen LogP contribution in [-0.4, -0.2) is 74.5 Å². The zero-order valence-electron chi connectivity index (χ0n) is 30.8. The summed E-state index contributed by atoms with van der Waals surface area (Å²) in [6.07, 6.45) is 1.65. The first kappa shape index (κ1) is 36.9. The Hall–Kier alpha value is -4.39. The topological polar surface area (TPSA) is 117 Å². The quantitative estimate of drug-likeness (QED) is 0.116. The summed E-state index contributed by atoms with van der Waals surface area (Å²) < 4.78 is 28.4. The number of unbranched alkanes of at least 4 members (excludes halogenated alkanes) is 1.